The number of fused-ring (bicyclic) bond motifs is 1. The molecule has 192 valence electrons. The topological polar surface area (TPSA) is 118 Å². The number of hydrogen-bond donors (Lipinski definition) is 2. The van der Waals surface area contributed by atoms with Gasteiger partial charge in [-0.15, -0.1) is 0 Å². The molecule has 2 aromatic carbocycles. The van der Waals surface area contributed by atoms with Gasteiger partial charge < -0.3 is 5.32 Å². The second kappa shape index (κ2) is 9.89. The summed E-state index contributed by atoms with van der Waals surface area (Å²) in [4.78, 5) is 33.4. The summed E-state index contributed by atoms with van der Waals surface area (Å²) in [7, 11) is -3.39. The Bertz CT molecular complexity index is 1570. The van der Waals surface area contributed by atoms with Gasteiger partial charge in [-0.25, -0.2) is 18.2 Å². The van der Waals surface area contributed by atoms with Crippen LogP contribution in [0.15, 0.2) is 65.9 Å². The van der Waals surface area contributed by atoms with E-state index in [1.807, 2.05) is 62.4 Å². The molecule has 2 amide bonds. The normalized spacial score (nSPS) is 14.4. The number of carbonyl (C=O) groups is 2. The summed E-state index contributed by atoms with van der Waals surface area (Å²) in [5.74, 6) is -0.283. The maximum Gasteiger partial charge on any atom is 0.320 e. The molecule has 1 aliphatic rings. The molecule has 37 heavy (non-hydrogen) atoms. The van der Waals surface area contributed by atoms with Crippen molar-refractivity contribution in [2.45, 2.75) is 44.9 Å². The molecular formula is C28H30N4O4S. The SMILES string of the molecule is CC(C)NC(=O)NC1=NC=C(c2cccc(-c3cc(C(C)(C)S(C)(=O)=O)cc4cccnc34)c2)CC1=O. The highest BCUT2D eigenvalue weighted by atomic mass is 32.2. The van der Waals surface area contributed by atoms with Crippen LogP contribution in [0, 0.1) is 0 Å². The lowest BCUT2D eigenvalue weighted by molar-refractivity contribution is -0.112. The maximum absolute atomic E-state index is 12.7. The molecule has 0 saturated heterocycles. The molecule has 9 heteroatoms. The van der Waals surface area contributed by atoms with Gasteiger partial charge in [0.15, 0.2) is 15.7 Å². The summed E-state index contributed by atoms with van der Waals surface area (Å²) >= 11 is 0. The third-order valence-corrected chi connectivity index (χ3v) is 8.58. The first kappa shape index (κ1) is 26.2. The number of aliphatic imine (C=N–C) groups is 1. The van der Waals surface area contributed by atoms with Crippen LogP contribution in [0.5, 0.6) is 0 Å². The largest absolute Gasteiger partial charge is 0.336 e. The number of hydrogen-bond acceptors (Lipinski definition) is 6. The van der Waals surface area contributed by atoms with Crippen molar-refractivity contribution >= 4 is 44.0 Å². The molecule has 0 spiro atoms. The summed E-state index contributed by atoms with van der Waals surface area (Å²) in [6.45, 7) is 7.05. The van der Waals surface area contributed by atoms with Crippen LogP contribution in [0.4, 0.5) is 4.79 Å². The predicted octanol–water partition coefficient (Wildman–Crippen LogP) is 4.60. The fourth-order valence-electron chi connectivity index (χ4n) is 4.06. The summed E-state index contributed by atoms with van der Waals surface area (Å²) < 4.78 is 24.1. The minimum Gasteiger partial charge on any atom is -0.336 e. The average molecular weight is 519 g/mol. The molecule has 0 fully saturated rings. The Labute approximate surface area is 216 Å². The molecule has 2 N–H and O–H groups in total. The highest BCUT2D eigenvalue weighted by Crippen LogP contribution is 2.37. The van der Waals surface area contributed by atoms with Crippen LogP contribution in [0.1, 0.15) is 45.2 Å². The fraction of sp³-hybridized carbons (Fsp3) is 0.286. The first-order valence-electron chi connectivity index (χ1n) is 11.9. The number of Topliss-reactive ketones (excluding diaryl/α,β-unsaturated/α-hetero) is 1. The van der Waals surface area contributed by atoms with Gasteiger partial charge in [-0.05, 0) is 74.2 Å². The lowest BCUT2D eigenvalue weighted by Crippen LogP contribution is -2.45. The highest BCUT2D eigenvalue weighted by Gasteiger charge is 2.33. The summed E-state index contributed by atoms with van der Waals surface area (Å²) in [5.41, 5.74) is 4.57. The fourth-order valence-corrected chi connectivity index (χ4v) is 4.61. The molecule has 0 atom stereocenters. The van der Waals surface area contributed by atoms with Crippen LogP contribution in [-0.2, 0) is 19.4 Å². The monoisotopic (exact) mass is 518 g/mol. The number of amides is 2. The van der Waals surface area contributed by atoms with Crippen LogP contribution >= 0.6 is 0 Å². The number of pyridine rings is 1. The molecule has 0 bridgehead atoms. The first-order chi connectivity index (χ1) is 17.4. The van der Waals surface area contributed by atoms with Gasteiger partial charge in [0.25, 0.3) is 0 Å². The molecule has 0 saturated carbocycles. The lowest BCUT2D eigenvalue weighted by atomic mass is 9.91. The number of nitrogens with zero attached hydrogens (tertiary/aromatic N) is 2. The van der Waals surface area contributed by atoms with Gasteiger partial charge in [0.05, 0.1) is 10.3 Å². The molecule has 8 nitrogen and oxygen atoms in total. The van der Waals surface area contributed by atoms with E-state index in [4.69, 9.17) is 0 Å². The number of benzene rings is 2. The second-order valence-electron chi connectivity index (χ2n) is 9.95. The van der Waals surface area contributed by atoms with Crippen LogP contribution in [0.3, 0.4) is 0 Å². The van der Waals surface area contributed by atoms with E-state index in [-0.39, 0.29) is 24.1 Å². The van der Waals surface area contributed by atoms with Crippen LogP contribution in [0.25, 0.3) is 27.6 Å². The van der Waals surface area contributed by atoms with Crippen molar-refractivity contribution in [3.05, 3.63) is 72.1 Å². The van der Waals surface area contributed by atoms with E-state index < -0.39 is 20.6 Å². The molecule has 1 aliphatic heterocycles. The minimum absolute atomic E-state index is 0.00366. The van der Waals surface area contributed by atoms with Gasteiger partial charge in [0.1, 0.15) is 0 Å². The maximum atomic E-state index is 12.7. The zero-order valence-electron chi connectivity index (χ0n) is 21.5. The Morgan fingerprint density at radius 1 is 1.05 bits per heavy atom. The number of ketones is 1. The molecule has 0 aliphatic carbocycles. The number of amidine groups is 1. The Kier molecular flexibility index (Phi) is 7.01. The van der Waals surface area contributed by atoms with Crippen molar-refractivity contribution in [1.82, 2.24) is 15.6 Å². The van der Waals surface area contributed by atoms with E-state index in [9.17, 15) is 18.0 Å². The second-order valence-corrected chi connectivity index (χ2v) is 12.5. The smallest absolute Gasteiger partial charge is 0.320 e. The van der Waals surface area contributed by atoms with Crippen molar-refractivity contribution in [2.75, 3.05) is 6.26 Å². The number of nitrogens with one attached hydrogen (secondary N) is 2. The molecule has 0 radical (unpaired) electrons. The van der Waals surface area contributed by atoms with E-state index in [1.54, 1.807) is 26.2 Å². The number of allylic oxidation sites excluding steroid dienone is 1. The van der Waals surface area contributed by atoms with Gasteiger partial charge in [-0.1, -0.05) is 24.3 Å². The van der Waals surface area contributed by atoms with E-state index in [0.717, 1.165) is 27.6 Å². The Morgan fingerprint density at radius 2 is 1.78 bits per heavy atom. The Morgan fingerprint density at radius 3 is 2.46 bits per heavy atom. The highest BCUT2D eigenvalue weighted by molar-refractivity contribution is 7.91. The van der Waals surface area contributed by atoms with E-state index >= 15 is 0 Å². The number of sulfone groups is 1. The Hall–Kier alpha value is -3.85. The quantitative estimate of drug-likeness (QED) is 0.512. The molecule has 1 aromatic heterocycles. The zero-order chi connectivity index (χ0) is 27.0. The van der Waals surface area contributed by atoms with Crippen molar-refractivity contribution in [3.8, 4) is 11.1 Å². The first-order valence-corrected chi connectivity index (χ1v) is 13.8. The van der Waals surface area contributed by atoms with Crippen molar-refractivity contribution in [3.63, 3.8) is 0 Å². The van der Waals surface area contributed by atoms with E-state index in [2.05, 4.69) is 20.6 Å². The van der Waals surface area contributed by atoms with Gasteiger partial charge in [-0.2, -0.15) is 0 Å². The summed E-state index contributed by atoms with van der Waals surface area (Å²) in [6.07, 6.45) is 4.62. The predicted molar refractivity (Wildman–Crippen MR) is 147 cm³/mol. The van der Waals surface area contributed by atoms with Gasteiger partial charge in [-0.3, -0.25) is 15.1 Å². The summed E-state index contributed by atoms with van der Waals surface area (Å²) in [5, 5.41) is 6.02. The zero-order valence-corrected chi connectivity index (χ0v) is 22.3. The molecular weight excluding hydrogens is 488 g/mol. The summed E-state index contributed by atoms with van der Waals surface area (Å²) in [6, 6.07) is 14.6. The average Bonchev–Trinajstić information content (AvgIpc) is 2.83. The standard InChI is InChI=1S/C28H30N4O4S/c1-17(2)31-27(34)32-26-24(33)14-21(16-30-26)18-8-6-9-19(12-18)23-15-22(28(3,4)37(5,35)36)13-20-10-7-11-29-25(20)23/h6-13,15-17H,14H2,1-5H3,(H2,30,31,32,34). The van der Waals surface area contributed by atoms with Crippen molar-refractivity contribution in [1.29, 1.82) is 0 Å². The third kappa shape index (κ3) is 5.46. The third-order valence-electron chi connectivity index (χ3n) is 6.49. The van der Waals surface area contributed by atoms with Crippen LogP contribution < -0.4 is 10.6 Å². The van der Waals surface area contributed by atoms with Gasteiger partial charge >= 0.3 is 6.03 Å². The number of urea groups is 1. The van der Waals surface area contributed by atoms with Crippen molar-refractivity contribution in [2.24, 2.45) is 4.99 Å². The van der Waals surface area contributed by atoms with Gasteiger partial charge in [0, 0.05) is 42.1 Å². The van der Waals surface area contributed by atoms with E-state index in [0.29, 0.717) is 11.1 Å². The number of rotatable bonds is 5. The van der Waals surface area contributed by atoms with Crippen molar-refractivity contribution < 1.29 is 18.0 Å². The van der Waals surface area contributed by atoms with Crippen LogP contribution in [0.2, 0.25) is 0 Å². The number of aromatic nitrogens is 1. The van der Waals surface area contributed by atoms with Crippen LogP contribution in [-0.4, -0.2) is 43.3 Å². The Balaban J connectivity index is 1.75. The molecule has 2 heterocycles. The lowest BCUT2D eigenvalue weighted by Gasteiger charge is -2.24. The molecule has 4 rings (SSSR count). The van der Waals surface area contributed by atoms with E-state index in [1.165, 1.54) is 6.26 Å². The van der Waals surface area contributed by atoms with Gasteiger partial charge in [0.2, 0.25) is 5.78 Å². The molecule has 0 unspecified atom stereocenters. The molecule has 3 aromatic rings. The number of carbonyl (C=O) groups excluding carboxylic acids is 2. The minimum atomic E-state index is -3.39.